The van der Waals surface area contributed by atoms with Crippen LogP contribution in [0.5, 0.6) is 11.5 Å². The molecule has 3 aromatic heterocycles. The van der Waals surface area contributed by atoms with Crippen LogP contribution in [-0.4, -0.2) is 40.6 Å². The fraction of sp³-hybridized carbons (Fsp3) is 0.138. The molecular weight excluding hydrogens is 520 g/mol. The number of anilines is 2. The summed E-state index contributed by atoms with van der Waals surface area (Å²) in [5.41, 5.74) is 1.20. The predicted octanol–water partition coefficient (Wildman–Crippen LogP) is 4.65. The van der Waals surface area contributed by atoms with Crippen LogP contribution in [-0.2, 0) is 6.61 Å². The van der Waals surface area contributed by atoms with Gasteiger partial charge < -0.3 is 24.7 Å². The van der Waals surface area contributed by atoms with E-state index in [0.717, 1.165) is 17.0 Å². The zero-order valence-corrected chi connectivity index (χ0v) is 21.3. The van der Waals surface area contributed by atoms with Gasteiger partial charge in [0.15, 0.2) is 23.1 Å². The van der Waals surface area contributed by atoms with Gasteiger partial charge in [0.25, 0.3) is 11.5 Å². The van der Waals surface area contributed by atoms with Gasteiger partial charge in [0.1, 0.15) is 30.2 Å². The molecule has 0 atom stereocenters. The molecule has 202 valence electrons. The highest BCUT2D eigenvalue weighted by molar-refractivity contribution is 6.04. The van der Waals surface area contributed by atoms with E-state index in [9.17, 15) is 18.4 Å². The van der Waals surface area contributed by atoms with Crippen molar-refractivity contribution in [3.05, 3.63) is 106 Å². The highest BCUT2D eigenvalue weighted by Crippen LogP contribution is 2.32. The molecule has 40 heavy (non-hydrogen) atoms. The maximum atomic E-state index is 14.9. The summed E-state index contributed by atoms with van der Waals surface area (Å²) in [7, 11) is 1.79. The van der Waals surface area contributed by atoms with Crippen LogP contribution in [0.15, 0.2) is 77.9 Å². The summed E-state index contributed by atoms with van der Waals surface area (Å²) in [5.74, 6) is -1.13. The van der Waals surface area contributed by atoms with Gasteiger partial charge in [-0.05, 0) is 48.5 Å². The summed E-state index contributed by atoms with van der Waals surface area (Å²) in [5, 5.41) is 3.45. The number of hydrogen-bond donors (Lipinski definition) is 2. The number of H-pyrrole nitrogens is 1. The predicted molar refractivity (Wildman–Crippen MR) is 146 cm³/mol. The minimum absolute atomic E-state index is 0.00220. The molecule has 4 heterocycles. The molecule has 2 N–H and O–H groups in total. The molecule has 1 aliphatic heterocycles. The van der Waals surface area contributed by atoms with Crippen molar-refractivity contribution in [3.63, 3.8) is 0 Å². The molecule has 1 amide bonds. The highest BCUT2D eigenvalue weighted by atomic mass is 19.1. The van der Waals surface area contributed by atoms with Crippen molar-refractivity contribution in [2.24, 2.45) is 0 Å². The van der Waals surface area contributed by atoms with Crippen LogP contribution in [0.2, 0.25) is 0 Å². The van der Waals surface area contributed by atoms with Crippen LogP contribution in [0.4, 0.5) is 20.3 Å². The lowest BCUT2D eigenvalue weighted by molar-refractivity contribution is 0.102. The standard InChI is InChI=1S/C29H23F2N5O4/c1-35-12-13-39-25-15-22(29(38)36(28(25)35)20-5-2-18(30)3-6-20)27(37)34-19-4-7-24(23(31)14-19)40-16-17-8-10-32-26-21(17)9-11-33-26/h2-11,14-15H,12-13,16H2,1H3,(H,32,33)(H,34,37). The molecule has 11 heteroatoms. The molecule has 0 radical (unpaired) electrons. The molecule has 6 rings (SSSR count). The number of benzene rings is 2. The summed E-state index contributed by atoms with van der Waals surface area (Å²) >= 11 is 0. The number of amides is 1. The Morgan fingerprint density at radius 2 is 1.95 bits per heavy atom. The number of aromatic amines is 1. The Kier molecular flexibility index (Phi) is 6.39. The first kappa shape index (κ1) is 25.1. The molecule has 0 saturated heterocycles. The van der Waals surface area contributed by atoms with E-state index in [1.165, 1.54) is 47.0 Å². The number of carbonyl (C=O) groups excluding carboxylic acids is 1. The minimum Gasteiger partial charge on any atom is -0.488 e. The van der Waals surface area contributed by atoms with Gasteiger partial charge in [-0.2, -0.15) is 0 Å². The van der Waals surface area contributed by atoms with E-state index in [1.54, 1.807) is 25.5 Å². The van der Waals surface area contributed by atoms with Gasteiger partial charge in [-0.1, -0.05) is 0 Å². The van der Waals surface area contributed by atoms with Crippen LogP contribution in [0.1, 0.15) is 15.9 Å². The van der Waals surface area contributed by atoms with Gasteiger partial charge in [0.05, 0.1) is 12.2 Å². The highest BCUT2D eigenvalue weighted by Gasteiger charge is 2.26. The molecule has 0 unspecified atom stereocenters. The normalized spacial score (nSPS) is 12.6. The maximum Gasteiger partial charge on any atom is 0.269 e. The summed E-state index contributed by atoms with van der Waals surface area (Å²) in [6, 6.07) is 14.4. The van der Waals surface area contributed by atoms with E-state index >= 15 is 0 Å². The first-order valence-electron chi connectivity index (χ1n) is 12.4. The number of likely N-dealkylation sites (N-methyl/N-ethyl adjacent to an activating group) is 1. The van der Waals surface area contributed by atoms with Gasteiger partial charge in [0.2, 0.25) is 0 Å². The third-order valence-electron chi connectivity index (χ3n) is 6.64. The second kappa shape index (κ2) is 10.2. The molecule has 0 saturated carbocycles. The average Bonchev–Trinajstić information content (AvgIpc) is 3.43. The molecule has 0 bridgehead atoms. The molecule has 0 fully saturated rings. The molecule has 2 aromatic carbocycles. The van der Waals surface area contributed by atoms with Crippen molar-refractivity contribution < 1.29 is 23.0 Å². The quantitative estimate of drug-likeness (QED) is 0.323. The van der Waals surface area contributed by atoms with Crippen molar-refractivity contribution in [1.29, 1.82) is 0 Å². The molecule has 0 spiro atoms. The lowest BCUT2D eigenvalue weighted by Gasteiger charge is -2.30. The SMILES string of the molecule is CN1CCOc2cc(C(=O)Nc3ccc(OCc4ccnc5[nH]ccc45)c(F)c3)c(=O)n(-c3ccc(F)cc3)c21. The Labute approximate surface area is 226 Å². The van der Waals surface area contributed by atoms with Crippen molar-refractivity contribution >= 4 is 28.4 Å². The van der Waals surface area contributed by atoms with Crippen LogP contribution in [0.3, 0.4) is 0 Å². The van der Waals surface area contributed by atoms with E-state index < -0.39 is 23.1 Å². The Morgan fingerprint density at radius 1 is 1.12 bits per heavy atom. The molecule has 0 aliphatic carbocycles. The van der Waals surface area contributed by atoms with Crippen LogP contribution >= 0.6 is 0 Å². The van der Waals surface area contributed by atoms with Gasteiger partial charge in [0, 0.05) is 48.2 Å². The van der Waals surface area contributed by atoms with Gasteiger partial charge in [-0.25, -0.2) is 13.8 Å². The fourth-order valence-corrected chi connectivity index (χ4v) is 4.63. The number of fused-ring (bicyclic) bond motifs is 2. The van der Waals surface area contributed by atoms with Crippen molar-refractivity contribution in [2.75, 3.05) is 30.4 Å². The number of pyridine rings is 2. The number of nitrogens with zero attached hydrogens (tertiary/aromatic N) is 3. The Hall–Kier alpha value is -5.19. The molecule has 1 aliphatic rings. The number of halogens is 2. The third-order valence-corrected chi connectivity index (χ3v) is 6.64. The molecule has 5 aromatic rings. The number of ether oxygens (including phenoxy) is 2. The van der Waals surface area contributed by atoms with Gasteiger partial charge in [-0.3, -0.25) is 14.2 Å². The van der Waals surface area contributed by atoms with Crippen molar-refractivity contribution in [2.45, 2.75) is 6.61 Å². The Morgan fingerprint density at radius 3 is 2.75 bits per heavy atom. The lowest BCUT2D eigenvalue weighted by Crippen LogP contribution is -2.37. The van der Waals surface area contributed by atoms with Crippen LogP contribution in [0, 0.1) is 11.6 Å². The number of rotatable bonds is 6. The smallest absolute Gasteiger partial charge is 0.269 e. The third kappa shape index (κ3) is 4.62. The fourth-order valence-electron chi connectivity index (χ4n) is 4.63. The van der Waals surface area contributed by atoms with E-state index in [4.69, 9.17) is 9.47 Å². The monoisotopic (exact) mass is 543 g/mol. The molecule has 9 nitrogen and oxygen atoms in total. The summed E-state index contributed by atoms with van der Waals surface area (Å²) in [4.78, 5) is 35.8. The van der Waals surface area contributed by atoms with Crippen molar-refractivity contribution in [1.82, 2.24) is 14.5 Å². The van der Waals surface area contributed by atoms with Gasteiger partial charge in [-0.15, -0.1) is 0 Å². The summed E-state index contributed by atoms with van der Waals surface area (Å²) < 4.78 is 41.2. The Balaban J connectivity index is 1.26. The van der Waals surface area contributed by atoms with E-state index in [0.29, 0.717) is 36.1 Å². The molecular formula is C29H23F2N5O4. The van der Waals surface area contributed by atoms with Crippen LogP contribution in [0.25, 0.3) is 16.7 Å². The number of nitrogens with one attached hydrogen (secondary N) is 2. The van der Waals surface area contributed by atoms with E-state index in [2.05, 4.69) is 15.3 Å². The zero-order chi connectivity index (χ0) is 27.8. The second-order valence-corrected chi connectivity index (χ2v) is 9.23. The van der Waals surface area contributed by atoms with Gasteiger partial charge >= 0.3 is 0 Å². The average molecular weight is 544 g/mol. The maximum absolute atomic E-state index is 14.9. The topological polar surface area (TPSA) is 101 Å². The first-order valence-corrected chi connectivity index (χ1v) is 12.4. The minimum atomic E-state index is -0.750. The summed E-state index contributed by atoms with van der Waals surface area (Å²) in [6.07, 6.45) is 3.40. The number of hydrogen-bond acceptors (Lipinski definition) is 6. The van der Waals surface area contributed by atoms with E-state index in [1.807, 2.05) is 11.0 Å². The van der Waals surface area contributed by atoms with Crippen LogP contribution < -0.4 is 25.2 Å². The van der Waals surface area contributed by atoms with E-state index in [-0.39, 0.29) is 23.6 Å². The lowest BCUT2D eigenvalue weighted by atomic mass is 10.2. The first-order chi connectivity index (χ1) is 19.4. The Bertz CT molecular complexity index is 1800. The second-order valence-electron chi connectivity index (χ2n) is 9.23. The summed E-state index contributed by atoms with van der Waals surface area (Å²) in [6.45, 7) is 0.990. The largest absolute Gasteiger partial charge is 0.488 e. The number of aromatic nitrogens is 3. The van der Waals surface area contributed by atoms with Crippen molar-refractivity contribution in [3.8, 4) is 17.2 Å². The zero-order valence-electron chi connectivity index (χ0n) is 21.3. The number of carbonyl (C=O) groups is 1.